The number of aromatic nitrogens is 2. The fourth-order valence-corrected chi connectivity index (χ4v) is 2.35. The van der Waals surface area contributed by atoms with Crippen LogP contribution in [0.2, 0.25) is 0 Å². The smallest absolute Gasteiger partial charge is 0.224 e. The highest BCUT2D eigenvalue weighted by Gasteiger charge is 2.07. The first-order chi connectivity index (χ1) is 9.97. The number of benzene rings is 1. The first-order valence-corrected chi connectivity index (χ1v) is 7.31. The first-order valence-electron chi connectivity index (χ1n) is 7.31. The van der Waals surface area contributed by atoms with E-state index in [1.807, 2.05) is 46.3 Å². The number of nitrogens with one attached hydrogen (secondary N) is 1. The van der Waals surface area contributed by atoms with Gasteiger partial charge in [-0.05, 0) is 51.7 Å². The van der Waals surface area contributed by atoms with Gasteiger partial charge in [0.25, 0.3) is 0 Å². The van der Waals surface area contributed by atoms with Crippen molar-refractivity contribution in [2.45, 2.75) is 19.8 Å². The molecule has 0 atom stereocenters. The van der Waals surface area contributed by atoms with Crippen LogP contribution in [0.4, 0.5) is 0 Å². The monoisotopic (exact) mass is 288 g/mol. The van der Waals surface area contributed by atoms with Crippen LogP contribution in [-0.2, 0) is 18.3 Å². The highest BCUT2D eigenvalue weighted by molar-refractivity contribution is 5.82. The van der Waals surface area contributed by atoms with Crippen molar-refractivity contribution in [3.05, 3.63) is 29.6 Å². The van der Waals surface area contributed by atoms with Crippen LogP contribution in [0.3, 0.4) is 0 Å². The normalized spacial score (nSPS) is 11.3. The minimum absolute atomic E-state index is 0.0701. The van der Waals surface area contributed by atoms with Gasteiger partial charge in [0.05, 0.1) is 17.5 Å². The molecule has 1 aromatic carbocycles. The SMILES string of the molecule is Cc1nc2cc(CC(=O)NCCCN(C)C)ccc2n1C. The fourth-order valence-electron chi connectivity index (χ4n) is 2.35. The summed E-state index contributed by atoms with van der Waals surface area (Å²) in [6.07, 6.45) is 1.38. The highest BCUT2D eigenvalue weighted by Crippen LogP contribution is 2.16. The van der Waals surface area contributed by atoms with E-state index < -0.39 is 0 Å². The number of nitrogens with zero attached hydrogens (tertiary/aromatic N) is 3. The van der Waals surface area contributed by atoms with Crippen molar-refractivity contribution in [2.75, 3.05) is 27.2 Å². The lowest BCUT2D eigenvalue weighted by Crippen LogP contribution is -2.28. The van der Waals surface area contributed by atoms with Gasteiger partial charge in [-0.2, -0.15) is 0 Å². The molecule has 0 unspecified atom stereocenters. The second-order valence-corrected chi connectivity index (χ2v) is 5.72. The zero-order valence-corrected chi connectivity index (χ0v) is 13.3. The molecule has 5 heteroatoms. The molecule has 2 rings (SSSR count). The third-order valence-electron chi connectivity index (χ3n) is 3.64. The van der Waals surface area contributed by atoms with E-state index in [1.165, 1.54) is 0 Å². The number of hydrogen-bond donors (Lipinski definition) is 1. The van der Waals surface area contributed by atoms with Crippen molar-refractivity contribution in [3.63, 3.8) is 0 Å². The third kappa shape index (κ3) is 4.04. The Labute approximate surface area is 126 Å². The van der Waals surface area contributed by atoms with Gasteiger partial charge in [0.2, 0.25) is 5.91 Å². The van der Waals surface area contributed by atoms with E-state index in [9.17, 15) is 4.79 Å². The van der Waals surface area contributed by atoms with E-state index in [2.05, 4.69) is 19.8 Å². The van der Waals surface area contributed by atoms with E-state index in [4.69, 9.17) is 0 Å². The van der Waals surface area contributed by atoms with E-state index in [1.54, 1.807) is 0 Å². The molecule has 114 valence electrons. The molecule has 1 amide bonds. The molecule has 21 heavy (non-hydrogen) atoms. The Balaban J connectivity index is 1.92. The zero-order valence-electron chi connectivity index (χ0n) is 13.3. The lowest BCUT2D eigenvalue weighted by atomic mass is 10.1. The van der Waals surface area contributed by atoms with Gasteiger partial charge in [0.1, 0.15) is 5.82 Å². The third-order valence-corrected chi connectivity index (χ3v) is 3.64. The summed E-state index contributed by atoms with van der Waals surface area (Å²) >= 11 is 0. The molecule has 0 fully saturated rings. The summed E-state index contributed by atoms with van der Waals surface area (Å²) in [6, 6.07) is 6.04. The van der Waals surface area contributed by atoms with Crippen LogP contribution >= 0.6 is 0 Å². The predicted octanol–water partition coefficient (Wildman–Crippen LogP) is 1.49. The van der Waals surface area contributed by atoms with E-state index in [0.29, 0.717) is 6.42 Å². The van der Waals surface area contributed by atoms with Crippen LogP contribution < -0.4 is 5.32 Å². The van der Waals surface area contributed by atoms with Gasteiger partial charge in [-0.3, -0.25) is 4.79 Å². The summed E-state index contributed by atoms with van der Waals surface area (Å²) in [5.74, 6) is 1.05. The molecule has 0 saturated carbocycles. The fraction of sp³-hybridized carbons (Fsp3) is 0.500. The summed E-state index contributed by atoms with van der Waals surface area (Å²) in [4.78, 5) is 18.5. The Hall–Kier alpha value is -1.88. The Bertz CT molecular complexity index is 630. The Kier molecular flexibility index (Phi) is 4.96. The molecule has 0 bridgehead atoms. The van der Waals surface area contributed by atoms with Crippen molar-refractivity contribution in [2.24, 2.45) is 7.05 Å². The second-order valence-electron chi connectivity index (χ2n) is 5.72. The maximum Gasteiger partial charge on any atom is 0.224 e. The van der Waals surface area contributed by atoms with Crippen molar-refractivity contribution in [1.29, 1.82) is 0 Å². The molecule has 1 heterocycles. The largest absolute Gasteiger partial charge is 0.356 e. The van der Waals surface area contributed by atoms with Crippen molar-refractivity contribution < 1.29 is 4.79 Å². The first kappa shape index (κ1) is 15.5. The molecule has 1 aromatic heterocycles. The van der Waals surface area contributed by atoms with E-state index >= 15 is 0 Å². The van der Waals surface area contributed by atoms with Gasteiger partial charge in [-0.15, -0.1) is 0 Å². The van der Waals surface area contributed by atoms with Crippen LogP contribution in [0.25, 0.3) is 11.0 Å². The number of amides is 1. The highest BCUT2D eigenvalue weighted by atomic mass is 16.1. The molecule has 0 spiro atoms. The summed E-state index contributed by atoms with van der Waals surface area (Å²) in [5.41, 5.74) is 3.06. The summed E-state index contributed by atoms with van der Waals surface area (Å²) in [7, 11) is 6.07. The van der Waals surface area contributed by atoms with Gasteiger partial charge < -0.3 is 14.8 Å². The predicted molar refractivity (Wildman–Crippen MR) is 85.3 cm³/mol. The second kappa shape index (κ2) is 6.72. The molecule has 0 aliphatic carbocycles. The number of imidazole rings is 1. The Morgan fingerprint density at radius 1 is 1.38 bits per heavy atom. The molecule has 0 aliphatic rings. The summed E-state index contributed by atoms with van der Waals surface area (Å²) in [6.45, 7) is 3.69. The average Bonchev–Trinajstić information content (AvgIpc) is 2.70. The van der Waals surface area contributed by atoms with E-state index in [0.717, 1.165) is 41.9 Å². The maximum absolute atomic E-state index is 11.9. The quantitative estimate of drug-likeness (QED) is 0.819. The molecule has 0 saturated heterocycles. The minimum atomic E-state index is 0.0701. The molecule has 1 N–H and O–H groups in total. The van der Waals surface area contributed by atoms with Gasteiger partial charge in [-0.25, -0.2) is 4.98 Å². The summed E-state index contributed by atoms with van der Waals surface area (Å²) in [5, 5.41) is 2.96. The number of fused-ring (bicyclic) bond motifs is 1. The maximum atomic E-state index is 11.9. The van der Waals surface area contributed by atoms with Gasteiger partial charge in [0, 0.05) is 13.6 Å². The Morgan fingerprint density at radius 2 is 2.14 bits per heavy atom. The van der Waals surface area contributed by atoms with Crippen molar-refractivity contribution in [3.8, 4) is 0 Å². The van der Waals surface area contributed by atoms with Gasteiger partial charge >= 0.3 is 0 Å². The summed E-state index contributed by atoms with van der Waals surface area (Å²) < 4.78 is 2.06. The van der Waals surface area contributed by atoms with Crippen LogP contribution in [-0.4, -0.2) is 47.5 Å². The van der Waals surface area contributed by atoms with Crippen LogP contribution in [0.5, 0.6) is 0 Å². The van der Waals surface area contributed by atoms with Crippen molar-refractivity contribution >= 4 is 16.9 Å². The standard InChI is InChI=1S/C16H24N4O/c1-12-18-14-10-13(6-7-15(14)20(12)4)11-16(21)17-8-5-9-19(2)3/h6-7,10H,5,8-9,11H2,1-4H3,(H,17,21). The molecule has 2 aromatic rings. The number of rotatable bonds is 6. The van der Waals surface area contributed by atoms with Gasteiger partial charge in [-0.1, -0.05) is 6.07 Å². The molecular formula is C16H24N4O. The van der Waals surface area contributed by atoms with Crippen molar-refractivity contribution in [1.82, 2.24) is 19.8 Å². The topological polar surface area (TPSA) is 50.2 Å². The van der Waals surface area contributed by atoms with Gasteiger partial charge in [0.15, 0.2) is 0 Å². The van der Waals surface area contributed by atoms with E-state index in [-0.39, 0.29) is 5.91 Å². The lowest BCUT2D eigenvalue weighted by molar-refractivity contribution is -0.120. The number of aryl methyl sites for hydroxylation is 2. The number of carbonyl (C=O) groups is 1. The van der Waals surface area contributed by atoms with Crippen LogP contribution in [0.1, 0.15) is 17.8 Å². The number of hydrogen-bond acceptors (Lipinski definition) is 3. The number of carbonyl (C=O) groups excluding carboxylic acids is 1. The molecular weight excluding hydrogens is 264 g/mol. The Morgan fingerprint density at radius 3 is 2.86 bits per heavy atom. The van der Waals surface area contributed by atoms with Crippen LogP contribution in [0.15, 0.2) is 18.2 Å². The van der Waals surface area contributed by atoms with Crippen LogP contribution in [0, 0.1) is 6.92 Å². The minimum Gasteiger partial charge on any atom is -0.356 e. The molecule has 0 radical (unpaired) electrons. The molecule has 5 nitrogen and oxygen atoms in total. The average molecular weight is 288 g/mol. The lowest BCUT2D eigenvalue weighted by Gasteiger charge is -2.10. The zero-order chi connectivity index (χ0) is 15.4. The molecule has 0 aliphatic heterocycles.